The lowest BCUT2D eigenvalue weighted by Gasteiger charge is -2.32. The van der Waals surface area contributed by atoms with Crippen LogP contribution in [0.25, 0.3) is 0 Å². The van der Waals surface area contributed by atoms with E-state index in [1.54, 1.807) is 0 Å². The third-order valence-electron chi connectivity index (χ3n) is 4.41. The molecule has 0 amide bonds. The standard InChI is InChI=1S/C18H25N5O/c1-22-7-9-23(10-8-22)18-20-12-15(13-21-18)11-19-17(14-24)16-5-3-2-4-6-16/h2-6,12-13,17,19,24H,7-11,14H2,1H3/t17-/m1/s1. The number of likely N-dealkylation sites (N-methyl/N-ethyl adjacent to an activating group) is 1. The van der Waals surface area contributed by atoms with Gasteiger partial charge in [-0.3, -0.25) is 0 Å². The molecule has 6 nitrogen and oxygen atoms in total. The smallest absolute Gasteiger partial charge is 0.225 e. The summed E-state index contributed by atoms with van der Waals surface area (Å²) in [5, 5.41) is 12.9. The lowest BCUT2D eigenvalue weighted by Crippen LogP contribution is -2.45. The summed E-state index contributed by atoms with van der Waals surface area (Å²) in [5.41, 5.74) is 2.09. The fourth-order valence-electron chi connectivity index (χ4n) is 2.82. The maximum atomic E-state index is 9.59. The number of piperazine rings is 1. The number of hydrogen-bond donors (Lipinski definition) is 2. The molecule has 2 heterocycles. The first kappa shape index (κ1) is 16.8. The van der Waals surface area contributed by atoms with E-state index < -0.39 is 0 Å². The lowest BCUT2D eigenvalue weighted by molar-refractivity contribution is 0.243. The van der Waals surface area contributed by atoms with E-state index in [4.69, 9.17) is 0 Å². The van der Waals surface area contributed by atoms with Crippen molar-refractivity contribution in [1.82, 2.24) is 20.2 Å². The average Bonchev–Trinajstić information content (AvgIpc) is 2.64. The molecule has 1 aromatic carbocycles. The summed E-state index contributed by atoms with van der Waals surface area (Å²) in [6.45, 7) is 4.71. The third kappa shape index (κ3) is 4.29. The van der Waals surface area contributed by atoms with Crippen LogP contribution in [0.4, 0.5) is 5.95 Å². The van der Waals surface area contributed by atoms with Crippen LogP contribution in [0.2, 0.25) is 0 Å². The van der Waals surface area contributed by atoms with E-state index in [2.05, 4.69) is 32.1 Å². The van der Waals surface area contributed by atoms with E-state index in [0.717, 1.165) is 43.3 Å². The Labute approximate surface area is 143 Å². The largest absolute Gasteiger partial charge is 0.394 e. The number of aliphatic hydroxyl groups excluding tert-OH is 1. The molecule has 3 rings (SSSR count). The molecule has 1 saturated heterocycles. The first-order valence-corrected chi connectivity index (χ1v) is 8.40. The van der Waals surface area contributed by atoms with E-state index in [0.29, 0.717) is 6.54 Å². The highest BCUT2D eigenvalue weighted by molar-refractivity contribution is 5.30. The van der Waals surface area contributed by atoms with Crippen molar-refractivity contribution in [3.63, 3.8) is 0 Å². The van der Waals surface area contributed by atoms with E-state index in [9.17, 15) is 5.11 Å². The van der Waals surface area contributed by atoms with Crippen LogP contribution in [0, 0.1) is 0 Å². The zero-order valence-electron chi connectivity index (χ0n) is 14.1. The Kier molecular flexibility index (Phi) is 5.74. The van der Waals surface area contributed by atoms with Crippen LogP contribution in [0.3, 0.4) is 0 Å². The van der Waals surface area contributed by atoms with Crippen LogP contribution < -0.4 is 10.2 Å². The molecule has 0 radical (unpaired) electrons. The van der Waals surface area contributed by atoms with Crippen molar-refractivity contribution in [1.29, 1.82) is 0 Å². The molecule has 0 aliphatic carbocycles. The summed E-state index contributed by atoms with van der Waals surface area (Å²) >= 11 is 0. The minimum Gasteiger partial charge on any atom is -0.394 e. The predicted molar refractivity (Wildman–Crippen MR) is 94.9 cm³/mol. The molecule has 0 saturated carbocycles. The summed E-state index contributed by atoms with van der Waals surface area (Å²) in [6.07, 6.45) is 3.74. The Bertz CT molecular complexity index is 611. The molecule has 128 valence electrons. The molecule has 2 N–H and O–H groups in total. The fraction of sp³-hybridized carbons (Fsp3) is 0.444. The van der Waals surface area contributed by atoms with Gasteiger partial charge in [0.05, 0.1) is 12.6 Å². The van der Waals surface area contributed by atoms with Crippen LogP contribution in [0.15, 0.2) is 42.7 Å². The number of aromatic nitrogens is 2. The van der Waals surface area contributed by atoms with Gasteiger partial charge in [-0.2, -0.15) is 0 Å². The second-order valence-corrected chi connectivity index (χ2v) is 6.21. The molecule has 1 fully saturated rings. The molecule has 1 atom stereocenters. The van der Waals surface area contributed by atoms with Gasteiger partial charge in [0.1, 0.15) is 0 Å². The van der Waals surface area contributed by atoms with Gasteiger partial charge in [0, 0.05) is 50.7 Å². The summed E-state index contributed by atoms with van der Waals surface area (Å²) in [4.78, 5) is 13.5. The molecule has 0 bridgehead atoms. The molecule has 2 aromatic rings. The van der Waals surface area contributed by atoms with Crippen LogP contribution in [0.1, 0.15) is 17.2 Å². The maximum absolute atomic E-state index is 9.59. The van der Waals surface area contributed by atoms with Gasteiger partial charge >= 0.3 is 0 Å². The van der Waals surface area contributed by atoms with E-state index in [-0.39, 0.29) is 12.6 Å². The Morgan fingerprint density at radius 2 is 1.75 bits per heavy atom. The minimum atomic E-state index is -0.0801. The highest BCUT2D eigenvalue weighted by Crippen LogP contribution is 2.13. The zero-order valence-corrected chi connectivity index (χ0v) is 14.1. The van der Waals surface area contributed by atoms with Crippen molar-refractivity contribution >= 4 is 5.95 Å². The van der Waals surface area contributed by atoms with Gasteiger partial charge in [-0.05, 0) is 12.6 Å². The fourth-order valence-corrected chi connectivity index (χ4v) is 2.82. The van der Waals surface area contributed by atoms with E-state index >= 15 is 0 Å². The molecule has 1 aliphatic heterocycles. The van der Waals surface area contributed by atoms with Crippen molar-refractivity contribution in [3.05, 3.63) is 53.9 Å². The summed E-state index contributed by atoms with van der Waals surface area (Å²) in [7, 11) is 2.14. The number of nitrogens with zero attached hydrogens (tertiary/aromatic N) is 4. The Morgan fingerprint density at radius 3 is 2.38 bits per heavy atom. The third-order valence-corrected chi connectivity index (χ3v) is 4.41. The zero-order chi connectivity index (χ0) is 16.8. The quantitative estimate of drug-likeness (QED) is 0.827. The van der Waals surface area contributed by atoms with Gasteiger partial charge in [-0.25, -0.2) is 9.97 Å². The van der Waals surface area contributed by atoms with Gasteiger partial charge in [0.25, 0.3) is 0 Å². The topological polar surface area (TPSA) is 64.5 Å². The predicted octanol–water partition coefficient (Wildman–Crippen LogP) is 1.05. The number of rotatable bonds is 6. The molecule has 0 unspecified atom stereocenters. The highest BCUT2D eigenvalue weighted by atomic mass is 16.3. The number of benzene rings is 1. The molecule has 1 aliphatic rings. The van der Waals surface area contributed by atoms with Crippen molar-refractivity contribution < 1.29 is 5.11 Å². The molecular weight excluding hydrogens is 302 g/mol. The molecule has 1 aromatic heterocycles. The van der Waals surface area contributed by atoms with Crippen LogP contribution in [-0.2, 0) is 6.54 Å². The van der Waals surface area contributed by atoms with Crippen LogP contribution in [-0.4, -0.2) is 59.8 Å². The van der Waals surface area contributed by atoms with E-state index in [1.807, 2.05) is 42.7 Å². The summed E-state index contributed by atoms with van der Waals surface area (Å²) in [5.74, 6) is 0.800. The lowest BCUT2D eigenvalue weighted by atomic mass is 10.1. The number of nitrogens with one attached hydrogen (secondary N) is 1. The van der Waals surface area contributed by atoms with Gasteiger partial charge < -0.3 is 20.2 Å². The molecule has 6 heteroatoms. The average molecular weight is 327 g/mol. The van der Waals surface area contributed by atoms with Gasteiger partial charge in [0.15, 0.2) is 0 Å². The van der Waals surface area contributed by atoms with Crippen LogP contribution in [0.5, 0.6) is 0 Å². The number of hydrogen-bond acceptors (Lipinski definition) is 6. The molecule has 24 heavy (non-hydrogen) atoms. The number of aliphatic hydroxyl groups is 1. The van der Waals surface area contributed by atoms with Crippen molar-refractivity contribution in [2.75, 3.05) is 44.7 Å². The first-order valence-electron chi connectivity index (χ1n) is 8.40. The monoisotopic (exact) mass is 327 g/mol. The molecular formula is C18H25N5O. The summed E-state index contributed by atoms with van der Waals surface area (Å²) in [6, 6.07) is 9.88. The SMILES string of the molecule is CN1CCN(c2ncc(CN[C@H](CO)c3ccccc3)cn2)CC1. The first-order chi connectivity index (χ1) is 11.8. The Morgan fingerprint density at radius 1 is 1.08 bits per heavy atom. The minimum absolute atomic E-state index is 0.0598. The van der Waals surface area contributed by atoms with Gasteiger partial charge in [-0.1, -0.05) is 30.3 Å². The Hall–Kier alpha value is -2.02. The second kappa shape index (κ2) is 8.19. The van der Waals surface area contributed by atoms with Crippen LogP contribution >= 0.6 is 0 Å². The van der Waals surface area contributed by atoms with E-state index in [1.165, 1.54) is 0 Å². The second-order valence-electron chi connectivity index (χ2n) is 6.21. The highest BCUT2D eigenvalue weighted by Gasteiger charge is 2.16. The van der Waals surface area contributed by atoms with Crippen molar-refractivity contribution in [2.24, 2.45) is 0 Å². The van der Waals surface area contributed by atoms with Gasteiger partial charge in [-0.15, -0.1) is 0 Å². The van der Waals surface area contributed by atoms with Crippen molar-refractivity contribution in [3.8, 4) is 0 Å². The number of anilines is 1. The maximum Gasteiger partial charge on any atom is 0.225 e. The molecule has 0 spiro atoms. The summed E-state index contributed by atoms with van der Waals surface area (Å²) < 4.78 is 0. The van der Waals surface area contributed by atoms with Crippen molar-refractivity contribution in [2.45, 2.75) is 12.6 Å². The Balaban J connectivity index is 1.56. The normalized spacial score (nSPS) is 17.0. The van der Waals surface area contributed by atoms with Gasteiger partial charge in [0.2, 0.25) is 5.95 Å².